The molecule has 3 atom stereocenters. The van der Waals surface area contributed by atoms with E-state index in [1.165, 1.54) is 0 Å². The zero-order valence-electron chi connectivity index (χ0n) is 9.95. The van der Waals surface area contributed by atoms with Crippen molar-refractivity contribution in [3.63, 3.8) is 0 Å². The number of carbonyl (C=O) groups excluding carboxylic acids is 1. The lowest BCUT2D eigenvalue weighted by Crippen LogP contribution is -2.46. The Morgan fingerprint density at radius 3 is 2.33 bits per heavy atom. The smallest absolute Gasteiger partial charge is 0.237 e. The van der Waals surface area contributed by atoms with Crippen LogP contribution in [-0.4, -0.2) is 34.2 Å². The first-order valence-corrected chi connectivity index (χ1v) is 6.91. The highest BCUT2D eigenvalue weighted by Crippen LogP contribution is 2.02. The van der Waals surface area contributed by atoms with Gasteiger partial charge in [0.2, 0.25) is 5.91 Å². The summed E-state index contributed by atoms with van der Waals surface area (Å²) >= 11 is 0. The lowest BCUT2D eigenvalue weighted by molar-refractivity contribution is -0.123. The number of amides is 1. The number of hydrogen-bond donors (Lipinski definition) is 2. The van der Waals surface area contributed by atoms with Crippen LogP contribution in [-0.2, 0) is 15.6 Å². The van der Waals surface area contributed by atoms with Crippen molar-refractivity contribution in [2.75, 3.05) is 12.0 Å². The minimum absolute atomic E-state index is 0.0819. The molecule has 90 valence electrons. The average molecular weight is 234 g/mol. The Labute approximate surface area is 94.4 Å². The largest absolute Gasteiger partial charge is 0.351 e. The highest BCUT2D eigenvalue weighted by Gasteiger charge is 2.17. The van der Waals surface area contributed by atoms with Crippen LogP contribution >= 0.6 is 0 Å². The highest BCUT2D eigenvalue weighted by atomic mass is 32.2. The first-order valence-electron chi connectivity index (χ1n) is 5.19. The van der Waals surface area contributed by atoms with E-state index in [1.807, 2.05) is 20.8 Å². The van der Waals surface area contributed by atoms with Gasteiger partial charge in [-0.25, -0.2) is 0 Å². The quantitative estimate of drug-likeness (QED) is 0.691. The summed E-state index contributed by atoms with van der Waals surface area (Å²) in [6, 6.07) is -0.542. The molecule has 0 fully saturated rings. The standard InChI is InChI=1S/C10H22N2O2S/c1-7(2)5-9(11)10(13)12-8(3)6-15(4)14/h7-9H,5-6,11H2,1-4H3,(H,12,13). The first kappa shape index (κ1) is 14.6. The molecule has 0 saturated heterocycles. The lowest BCUT2D eigenvalue weighted by atomic mass is 10.0. The van der Waals surface area contributed by atoms with Gasteiger partial charge in [0.15, 0.2) is 0 Å². The van der Waals surface area contributed by atoms with Crippen LogP contribution < -0.4 is 11.1 Å². The molecule has 15 heavy (non-hydrogen) atoms. The second kappa shape index (κ2) is 6.95. The number of carbonyl (C=O) groups is 1. The third-order valence-corrected chi connectivity index (χ3v) is 2.90. The molecule has 1 amide bonds. The Bertz CT molecular complexity index is 231. The predicted octanol–water partition coefficient (Wildman–Crippen LogP) is 0.243. The van der Waals surface area contributed by atoms with Gasteiger partial charge in [0.25, 0.3) is 0 Å². The Kier molecular flexibility index (Phi) is 6.76. The molecule has 0 radical (unpaired) electrons. The monoisotopic (exact) mass is 234 g/mol. The van der Waals surface area contributed by atoms with Gasteiger partial charge >= 0.3 is 0 Å². The molecule has 3 N–H and O–H groups in total. The Morgan fingerprint density at radius 1 is 1.40 bits per heavy atom. The summed E-state index contributed by atoms with van der Waals surface area (Å²) in [5, 5.41) is 2.76. The van der Waals surface area contributed by atoms with Crippen molar-refractivity contribution < 1.29 is 9.00 Å². The van der Waals surface area contributed by atoms with Crippen LogP contribution in [0.15, 0.2) is 0 Å². The Balaban J connectivity index is 3.95. The summed E-state index contributed by atoms with van der Waals surface area (Å²) in [5.74, 6) is 0.725. The van der Waals surface area contributed by atoms with Gasteiger partial charge in [0.1, 0.15) is 0 Å². The van der Waals surface area contributed by atoms with Gasteiger partial charge < -0.3 is 11.1 Å². The molecule has 4 nitrogen and oxygen atoms in total. The molecule has 0 saturated carbocycles. The maximum Gasteiger partial charge on any atom is 0.237 e. The van der Waals surface area contributed by atoms with Crippen molar-refractivity contribution in [2.45, 2.75) is 39.3 Å². The molecule has 0 aromatic heterocycles. The van der Waals surface area contributed by atoms with Gasteiger partial charge in [0, 0.05) is 28.9 Å². The van der Waals surface area contributed by atoms with Crippen LogP contribution in [0.4, 0.5) is 0 Å². The number of nitrogens with one attached hydrogen (secondary N) is 1. The van der Waals surface area contributed by atoms with E-state index in [1.54, 1.807) is 6.26 Å². The maximum absolute atomic E-state index is 11.5. The van der Waals surface area contributed by atoms with Crippen molar-refractivity contribution in [3.8, 4) is 0 Å². The van der Waals surface area contributed by atoms with Crippen LogP contribution in [0.2, 0.25) is 0 Å². The first-order chi connectivity index (χ1) is 6.82. The molecule has 0 heterocycles. The van der Waals surface area contributed by atoms with Crippen LogP contribution in [0.3, 0.4) is 0 Å². The van der Waals surface area contributed by atoms with Crippen LogP contribution in [0.25, 0.3) is 0 Å². The molecule has 0 aliphatic carbocycles. The number of rotatable bonds is 6. The Morgan fingerprint density at radius 2 is 1.93 bits per heavy atom. The summed E-state index contributed by atoms with van der Waals surface area (Å²) < 4.78 is 10.9. The molecule has 0 aromatic carbocycles. The molecular formula is C10H22N2O2S. The minimum Gasteiger partial charge on any atom is -0.351 e. The summed E-state index contributed by atoms with van der Waals surface area (Å²) in [6.45, 7) is 5.89. The van der Waals surface area contributed by atoms with Crippen molar-refractivity contribution in [1.82, 2.24) is 5.32 Å². The minimum atomic E-state index is -0.892. The second-order valence-electron chi connectivity index (χ2n) is 4.39. The SMILES string of the molecule is CC(C)CC(N)C(=O)NC(C)CS(C)=O. The molecule has 0 rings (SSSR count). The van der Waals surface area contributed by atoms with E-state index in [-0.39, 0.29) is 11.9 Å². The van der Waals surface area contributed by atoms with E-state index < -0.39 is 16.8 Å². The third-order valence-electron chi connectivity index (χ3n) is 1.94. The van der Waals surface area contributed by atoms with Crippen LogP contribution in [0, 0.1) is 5.92 Å². The lowest BCUT2D eigenvalue weighted by Gasteiger charge is -2.17. The summed E-state index contributed by atoms with van der Waals surface area (Å²) in [7, 11) is -0.892. The maximum atomic E-state index is 11.5. The van der Waals surface area contributed by atoms with E-state index in [0.717, 1.165) is 0 Å². The van der Waals surface area contributed by atoms with Gasteiger partial charge in [-0.3, -0.25) is 9.00 Å². The van der Waals surface area contributed by atoms with Crippen LogP contribution in [0.1, 0.15) is 27.2 Å². The molecule has 0 aromatic rings. The van der Waals surface area contributed by atoms with Crippen LogP contribution in [0.5, 0.6) is 0 Å². The molecule has 0 bridgehead atoms. The second-order valence-corrected chi connectivity index (χ2v) is 5.87. The van der Waals surface area contributed by atoms with Gasteiger partial charge in [-0.15, -0.1) is 0 Å². The third kappa shape index (κ3) is 7.50. The molecule has 3 unspecified atom stereocenters. The molecule has 0 spiro atoms. The van der Waals surface area contributed by atoms with Crippen molar-refractivity contribution in [3.05, 3.63) is 0 Å². The molecular weight excluding hydrogens is 212 g/mol. The predicted molar refractivity (Wildman–Crippen MR) is 64.0 cm³/mol. The van der Waals surface area contributed by atoms with Crippen molar-refractivity contribution in [1.29, 1.82) is 0 Å². The van der Waals surface area contributed by atoms with E-state index in [4.69, 9.17) is 5.73 Å². The summed E-state index contributed by atoms with van der Waals surface area (Å²) in [6.07, 6.45) is 2.30. The van der Waals surface area contributed by atoms with E-state index in [2.05, 4.69) is 5.32 Å². The zero-order chi connectivity index (χ0) is 12.0. The van der Waals surface area contributed by atoms with E-state index in [9.17, 15) is 9.00 Å². The summed E-state index contributed by atoms with van der Waals surface area (Å²) in [5.41, 5.74) is 5.71. The van der Waals surface area contributed by atoms with Gasteiger partial charge in [-0.2, -0.15) is 0 Å². The van der Waals surface area contributed by atoms with Gasteiger partial charge in [0.05, 0.1) is 6.04 Å². The van der Waals surface area contributed by atoms with E-state index >= 15 is 0 Å². The fourth-order valence-electron chi connectivity index (χ4n) is 1.36. The fourth-order valence-corrected chi connectivity index (χ4v) is 2.15. The highest BCUT2D eigenvalue weighted by molar-refractivity contribution is 7.84. The van der Waals surface area contributed by atoms with Gasteiger partial charge in [-0.1, -0.05) is 13.8 Å². The van der Waals surface area contributed by atoms with Gasteiger partial charge in [-0.05, 0) is 19.3 Å². The van der Waals surface area contributed by atoms with E-state index in [0.29, 0.717) is 18.1 Å². The molecule has 5 heteroatoms. The van der Waals surface area contributed by atoms with Crippen molar-refractivity contribution >= 4 is 16.7 Å². The number of nitrogens with two attached hydrogens (primary N) is 1. The number of hydrogen-bond acceptors (Lipinski definition) is 3. The molecule has 0 aliphatic heterocycles. The topological polar surface area (TPSA) is 72.2 Å². The average Bonchev–Trinajstić information content (AvgIpc) is 2.00. The fraction of sp³-hybridized carbons (Fsp3) is 0.900. The normalized spacial score (nSPS) is 17.2. The molecule has 0 aliphatic rings. The zero-order valence-corrected chi connectivity index (χ0v) is 10.8. The summed E-state index contributed by atoms with van der Waals surface area (Å²) in [4.78, 5) is 11.5. The Hall–Kier alpha value is -0.420. The van der Waals surface area contributed by atoms with Crippen molar-refractivity contribution in [2.24, 2.45) is 11.7 Å².